The summed E-state index contributed by atoms with van der Waals surface area (Å²) in [6.07, 6.45) is 5.16. The lowest BCUT2D eigenvalue weighted by Gasteiger charge is -2.32. The summed E-state index contributed by atoms with van der Waals surface area (Å²) in [5.74, 6) is -0.726. The topological polar surface area (TPSA) is 86.8 Å². The molecule has 35 heavy (non-hydrogen) atoms. The number of aryl methyl sites for hydroxylation is 1. The molecule has 1 atom stereocenters. The molecule has 9 heteroatoms. The number of halogens is 1. The second-order valence-electron chi connectivity index (χ2n) is 9.21. The van der Waals surface area contributed by atoms with E-state index in [9.17, 15) is 18.0 Å². The lowest BCUT2D eigenvalue weighted by Crippen LogP contribution is -2.52. The van der Waals surface area contributed by atoms with E-state index < -0.39 is 28.5 Å². The molecule has 0 bridgehead atoms. The molecule has 0 spiro atoms. The van der Waals surface area contributed by atoms with Crippen LogP contribution < -0.4 is 5.32 Å². The number of carbonyl (C=O) groups is 2. The first-order valence-electron chi connectivity index (χ1n) is 12.0. The molecular formula is C26H34ClN3O4S. The molecule has 1 fully saturated rings. The van der Waals surface area contributed by atoms with Gasteiger partial charge >= 0.3 is 0 Å². The molecule has 1 aliphatic carbocycles. The summed E-state index contributed by atoms with van der Waals surface area (Å²) in [5, 5.41) is 3.55. The van der Waals surface area contributed by atoms with Crippen molar-refractivity contribution in [2.45, 2.75) is 69.5 Å². The van der Waals surface area contributed by atoms with Gasteiger partial charge in [0.2, 0.25) is 21.8 Å². The van der Waals surface area contributed by atoms with Crippen LogP contribution in [0.5, 0.6) is 0 Å². The minimum absolute atomic E-state index is 0.0934. The smallest absolute Gasteiger partial charge is 0.243 e. The fraction of sp³-hybridized carbons (Fsp3) is 0.462. The van der Waals surface area contributed by atoms with E-state index >= 15 is 0 Å². The van der Waals surface area contributed by atoms with E-state index in [1.54, 1.807) is 37.3 Å². The Morgan fingerprint density at radius 3 is 2.31 bits per heavy atom. The number of likely N-dealkylation sites (N-methyl/N-ethyl adjacent to an activating group) is 1. The van der Waals surface area contributed by atoms with Crippen LogP contribution in [0.3, 0.4) is 0 Å². The summed E-state index contributed by atoms with van der Waals surface area (Å²) in [6.45, 7) is 3.23. The van der Waals surface area contributed by atoms with E-state index in [1.165, 1.54) is 30.5 Å². The first-order chi connectivity index (χ1) is 16.6. The van der Waals surface area contributed by atoms with Crippen molar-refractivity contribution in [3.63, 3.8) is 0 Å². The highest BCUT2D eigenvalue weighted by Gasteiger charge is 2.31. The van der Waals surface area contributed by atoms with Crippen molar-refractivity contribution in [3.8, 4) is 0 Å². The molecule has 0 aliphatic heterocycles. The van der Waals surface area contributed by atoms with Gasteiger partial charge in [-0.15, -0.1) is 0 Å². The molecule has 1 aliphatic rings. The highest BCUT2D eigenvalue weighted by atomic mass is 35.5. The van der Waals surface area contributed by atoms with Gasteiger partial charge < -0.3 is 10.2 Å². The van der Waals surface area contributed by atoms with Crippen molar-refractivity contribution in [1.29, 1.82) is 0 Å². The number of hydrogen-bond acceptors (Lipinski definition) is 4. The molecule has 3 rings (SSSR count). The van der Waals surface area contributed by atoms with Gasteiger partial charge in [0.05, 0.1) is 11.4 Å². The molecule has 190 valence electrons. The van der Waals surface area contributed by atoms with E-state index in [4.69, 9.17) is 11.6 Å². The van der Waals surface area contributed by atoms with Gasteiger partial charge in [0.25, 0.3) is 0 Å². The summed E-state index contributed by atoms with van der Waals surface area (Å²) in [7, 11) is -2.51. The largest absolute Gasteiger partial charge is 0.352 e. The van der Waals surface area contributed by atoms with Gasteiger partial charge in [-0.1, -0.05) is 66.8 Å². The third kappa shape index (κ3) is 7.06. The van der Waals surface area contributed by atoms with Crippen LogP contribution in [0.1, 0.15) is 50.2 Å². The van der Waals surface area contributed by atoms with Crippen molar-refractivity contribution in [3.05, 3.63) is 64.7 Å². The van der Waals surface area contributed by atoms with Crippen LogP contribution in [0.25, 0.3) is 0 Å². The Hall–Kier alpha value is -2.42. The highest BCUT2D eigenvalue weighted by molar-refractivity contribution is 7.89. The molecule has 0 unspecified atom stereocenters. The maximum Gasteiger partial charge on any atom is 0.243 e. The monoisotopic (exact) mass is 519 g/mol. The van der Waals surface area contributed by atoms with Crippen LogP contribution in [-0.4, -0.2) is 55.1 Å². The van der Waals surface area contributed by atoms with E-state index in [2.05, 4.69) is 5.32 Å². The number of nitrogens with one attached hydrogen (secondary N) is 1. The molecule has 1 N–H and O–H groups in total. The van der Waals surface area contributed by atoms with Gasteiger partial charge in [0.15, 0.2) is 0 Å². The second-order valence-corrected chi connectivity index (χ2v) is 11.7. The summed E-state index contributed by atoms with van der Waals surface area (Å²) >= 11 is 6.34. The lowest BCUT2D eigenvalue weighted by molar-refractivity contribution is -0.141. The molecule has 2 aromatic rings. The quantitative estimate of drug-likeness (QED) is 0.539. The summed E-state index contributed by atoms with van der Waals surface area (Å²) in [6, 6.07) is 12.9. The number of rotatable bonds is 9. The molecular weight excluding hydrogens is 486 g/mol. The molecule has 2 amide bonds. The molecule has 0 radical (unpaired) electrons. The van der Waals surface area contributed by atoms with Gasteiger partial charge in [0, 0.05) is 24.7 Å². The minimum Gasteiger partial charge on any atom is -0.352 e. The number of hydrogen-bond donors (Lipinski definition) is 1. The van der Waals surface area contributed by atoms with E-state index in [0.29, 0.717) is 10.6 Å². The van der Waals surface area contributed by atoms with Crippen LogP contribution in [0, 0.1) is 6.92 Å². The second kappa shape index (κ2) is 12.0. The van der Waals surface area contributed by atoms with Gasteiger partial charge in [-0.3, -0.25) is 9.59 Å². The van der Waals surface area contributed by atoms with Gasteiger partial charge in [0.1, 0.15) is 6.04 Å². The molecule has 0 heterocycles. The van der Waals surface area contributed by atoms with E-state index in [1.807, 2.05) is 13.0 Å². The Morgan fingerprint density at radius 1 is 1.06 bits per heavy atom. The number of nitrogens with zero attached hydrogens (tertiary/aromatic N) is 2. The van der Waals surface area contributed by atoms with Crippen LogP contribution >= 0.6 is 11.6 Å². The first-order valence-corrected chi connectivity index (χ1v) is 13.8. The normalized spacial score (nSPS) is 15.6. The summed E-state index contributed by atoms with van der Waals surface area (Å²) in [5.41, 5.74) is 1.62. The zero-order chi connectivity index (χ0) is 25.6. The fourth-order valence-electron chi connectivity index (χ4n) is 4.22. The Labute approximate surface area is 213 Å². The zero-order valence-electron chi connectivity index (χ0n) is 20.5. The van der Waals surface area contributed by atoms with Crippen molar-refractivity contribution in [2.75, 3.05) is 13.6 Å². The Bertz CT molecular complexity index is 1130. The number of sulfonamides is 1. The summed E-state index contributed by atoms with van der Waals surface area (Å²) < 4.78 is 27.1. The van der Waals surface area contributed by atoms with Gasteiger partial charge in [-0.2, -0.15) is 4.31 Å². The number of carbonyl (C=O) groups excluding carboxylic acids is 2. The van der Waals surface area contributed by atoms with Crippen molar-refractivity contribution < 1.29 is 18.0 Å². The predicted octanol–water partition coefficient (Wildman–Crippen LogP) is 4.14. The third-order valence-corrected chi connectivity index (χ3v) is 8.69. The molecule has 1 saturated carbocycles. The maximum absolute atomic E-state index is 13.4. The average molecular weight is 520 g/mol. The van der Waals surface area contributed by atoms with Gasteiger partial charge in [-0.05, 0) is 50.5 Å². The van der Waals surface area contributed by atoms with Crippen LogP contribution in [0.2, 0.25) is 5.02 Å². The fourth-order valence-corrected chi connectivity index (χ4v) is 5.53. The molecule has 7 nitrogen and oxygen atoms in total. The lowest BCUT2D eigenvalue weighted by atomic mass is 9.95. The Kier molecular flexibility index (Phi) is 9.33. The number of amides is 2. The Balaban J connectivity index is 1.80. The maximum atomic E-state index is 13.4. The third-order valence-electron chi connectivity index (χ3n) is 6.50. The van der Waals surface area contributed by atoms with E-state index in [0.717, 1.165) is 35.6 Å². The zero-order valence-corrected chi connectivity index (χ0v) is 22.1. The first kappa shape index (κ1) is 27.2. The van der Waals surface area contributed by atoms with Gasteiger partial charge in [-0.25, -0.2) is 8.42 Å². The summed E-state index contributed by atoms with van der Waals surface area (Å²) in [4.78, 5) is 28.0. The minimum atomic E-state index is -3.87. The number of benzene rings is 2. The molecule has 2 aromatic carbocycles. The SMILES string of the molecule is Cc1ccc(S(=O)(=O)N(C)CC(=O)N(Cc2ccccc2Cl)[C@@H](C)C(=O)NC2CCCCC2)cc1. The molecule has 0 aromatic heterocycles. The standard InChI is InChI=1S/C26H34ClN3O4S/c1-19-13-15-23(16-14-19)35(33,34)29(3)18-25(31)30(17-21-9-7-8-12-24(21)27)20(2)26(32)28-22-10-5-4-6-11-22/h7-9,12-16,20,22H,4-6,10-11,17-18H2,1-3H3,(H,28,32)/t20-/m0/s1. The van der Waals surface area contributed by atoms with Crippen LogP contribution in [0.4, 0.5) is 0 Å². The highest BCUT2D eigenvalue weighted by Crippen LogP contribution is 2.21. The average Bonchev–Trinajstić information content (AvgIpc) is 2.84. The molecule has 0 saturated heterocycles. The Morgan fingerprint density at radius 2 is 1.69 bits per heavy atom. The van der Waals surface area contributed by atoms with E-state index in [-0.39, 0.29) is 23.4 Å². The van der Waals surface area contributed by atoms with Crippen molar-refractivity contribution in [2.24, 2.45) is 0 Å². The van der Waals surface area contributed by atoms with Crippen molar-refractivity contribution >= 4 is 33.4 Å². The van der Waals surface area contributed by atoms with Crippen LogP contribution in [-0.2, 0) is 26.2 Å². The van der Waals surface area contributed by atoms with Crippen molar-refractivity contribution in [1.82, 2.24) is 14.5 Å². The predicted molar refractivity (Wildman–Crippen MR) is 137 cm³/mol. The van der Waals surface area contributed by atoms with Crippen LogP contribution in [0.15, 0.2) is 53.4 Å².